The number of aryl methyl sites for hydroxylation is 1. The first-order valence-corrected chi connectivity index (χ1v) is 8.59. The van der Waals surface area contributed by atoms with Gasteiger partial charge in [-0.15, -0.1) is 0 Å². The van der Waals surface area contributed by atoms with Crippen LogP contribution in [0.4, 0.5) is 4.39 Å². The van der Waals surface area contributed by atoms with Crippen LogP contribution in [0.1, 0.15) is 18.2 Å². The number of nitrogens with zero attached hydrogens (tertiary/aromatic N) is 1. The van der Waals surface area contributed by atoms with E-state index in [1.54, 1.807) is 12.3 Å². The van der Waals surface area contributed by atoms with Crippen LogP contribution in [0.2, 0.25) is 0 Å². The van der Waals surface area contributed by atoms with E-state index in [1.807, 2.05) is 13.0 Å². The van der Waals surface area contributed by atoms with Gasteiger partial charge in [-0.25, -0.2) is 17.5 Å². The van der Waals surface area contributed by atoms with E-state index >= 15 is 0 Å². The lowest BCUT2D eigenvalue weighted by Gasteiger charge is -2.09. The summed E-state index contributed by atoms with van der Waals surface area (Å²) in [7, 11) is -3.77. The van der Waals surface area contributed by atoms with Crippen molar-refractivity contribution in [1.82, 2.24) is 9.71 Å². The Morgan fingerprint density at radius 1 is 1.33 bits per heavy atom. The van der Waals surface area contributed by atoms with Crippen molar-refractivity contribution in [3.63, 3.8) is 0 Å². The van der Waals surface area contributed by atoms with Gasteiger partial charge in [-0.2, -0.15) is 0 Å². The Kier molecular flexibility index (Phi) is 5.08. The Morgan fingerprint density at radius 3 is 2.76 bits per heavy atom. The Hall–Kier alpha value is -1.31. The average Bonchev–Trinajstić information content (AvgIpc) is 2.48. The molecule has 0 aliphatic carbocycles. The molecule has 0 saturated carbocycles. The molecule has 0 saturated heterocycles. The summed E-state index contributed by atoms with van der Waals surface area (Å²) < 4.78 is 40.4. The van der Waals surface area contributed by atoms with Crippen LogP contribution in [0.3, 0.4) is 0 Å². The molecule has 2 aromatic rings. The van der Waals surface area contributed by atoms with Gasteiger partial charge in [0.2, 0.25) is 10.0 Å². The summed E-state index contributed by atoms with van der Waals surface area (Å²) in [6.07, 6.45) is 2.37. The number of benzene rings is 1. The minimum Gasteiger partial charge on any atom is -0.260 e. The second kappa shape index (κ2) is 6.64. The summed E-state index contributed by atoms with van der Waals surface area (Å²) in [5, 5.41) is 0. The van der Waals surface area contributed by atoms with Crippen molar-refractivity contribution in [2.24, 2.45) is 0 Å². The van der Waals surface area contributed by atoms with Crippen molar-refractivity contribution in [2.45, 2.75) is 24.8 Å². The van der Waals surface area contributed by atoms with Gasteiger partial charge in [-0.3, -0.25) is 4.98 Å². The first kappa shape index (κ1) is 16.1. The standard InChI is InChI=1S/C14H14BrFN2O2S/c1-2-10-4-3-7-17-14(10)9-18-21(19,20)11-5-6-12(15)13(16)8-11/h3-8,18H,2,9H2,1H3. The zero-order valence-corrected chi connectivity index (χ0v) is 13.7. The van der Waals surface area contributed by atoms with Crippen LogP contribution in [0.5, 0.6) is 0 Å². The number of pyridine rings is 1. The van der Waals surface area contributed by atoms with Crippen molar-refractivity contribution in [1.29, 1.82) is 0 Å². The molecule has 1 heterocycles. The van der Waals surface area contributed by atoms with Gasteiger partial charge in [0, 0.05) is 6.20 Å². The molecule has 0 bridgehead atoms. The maximum absolute atomic E-state index is 13.4. The van der Waals surface area contributed by atoms with Crippen LogP contribution in [-0.2, 0) is 23.0 Å². The van der Waals surface area contributed by atoms with E-state index in [4.69, 9.17) is 0 Å². The van der Waals surface area contributed by atoms with Crippen molar-refractivity contribution in [3.8, 4) is 0 Å². The molecule has 0 unspecified atom stereocenters. The normalized spacial score (nSPS) is 11.6. The molecular formula is C14H14BrFN2O2S. The van der Waals surface area contributed by atoms with E-state index in [0.717, 1.165) is 18.1 Å². The molecule has 0 aliphatic heterocycles. The molecule has 1 aromatic heterocycles. The fraction of sp³-hybridized carbons (Fsp3) is 0.214. The van der Waals surface area contributed by atoms with E-state index in [9.17, 15) is 12.8 Å². The first-order valence-electron chi connectivity index (χ1n) is 6.31. The van der Waals surface area contributed by atoms with Gasteiger partial charge in [0.15, 0.2) is 0 Å². The molecular weight excluding hydrogens is 359 g/mol. The highest BCUT2D eigenvalue weighted by Gasteiger charge is 2.16. The average molecular weight is 373 g/mol. The summed E-state index contributed by atoms with van der Waals surface area (Å²) in [5.41, 5.74) is 1.64. The second-order valence-electron chi connectivity index (χ2n) is 4.36. The summed E-state index contributed by atoms with van der Waals surface area (Å²) >= 11 is 2.99. The predicted molar refractivity (Wildman–Crippen MR) is 81.7 cm³/mol. The van der Waals surface area contributed by atoms with Gasteiger partial charge in [0.05, 0.1) is 21.6 Å². The molecule has 2 rings (SSSR count). The second-order valence-corrected chi connectivity index (χ2v) is 6.98. The minimum atomic E-state index is -3.77. The summed E-state index contributed by atoms with van der Waals surface area (Å²) in [6.45, 7) is 2.04. The third-order valence-corrected chi connectivity index (χ3v) is 5.04. The van der Waals surface area contributed by atoms with Gasteiger partial charge >= 0.3 is 0 Å². The molecule has 0 radical (unpaired) electrons. The first-order chi connectivity index (χ1) is 9.94. The lowest BCUT2D eigenvalue weighted by molar-refractivity contribution is 0.575. The van der Waals surface area contributed by atoms with E-state index in [1.165, 1.54) is 12.1 Å². The Morgan fingerprint density at radius 2 is 2.10 bits per heavy atom. The van der Waals surface area contributed by atoms with Gasteiger partial charge in [0.25, 0.3) is 0 Å². The molecule has 7 heteroatoms. The molecule has 0 fully saturated rings. The number of aromatic nitrogens is 1. The topological polar surface area (TPSA) is 59.1 Å². The smallest absolute Gasteiger partial charge is 0.241 e. The third-order valence-electron chi connectivity index (χ3n) is 3.00. The van der Waals surface area contributed by atoms with Crippen molar-refractivity contribution in [3.05, 3.63) is 58.1 Å². The maximum Gasteiger partial charge on any atom is 0.241 e. The summed E-state index contributed by atoms with van der Waals surface area (Å²) in [4.78, 5) is 4.06. The van der Waals surface area contributed by atoms with Crippen LogP contribution in [0.15, 0.2) is 45.9 Å². The van der Waals surface area contributed by atoms with Crippen LogP contribution < -0.4 is 4.72 Å². The molecule has 1 N–H and O–H groups in total. The lowest BCUT2D eigenvalue weighted by atomic mass is 10.1. The van der Waals surface area contributed by atoms with E-state index in [0.29, 0.717) is 5.69 Å². The maximum atomic E-state index is 13.4. The highest BCUT2D eigenvalue weighted by Crippen LogP contribution is 2.19. The monoisotopic (exact) mass is 372 g/mol. The Bertz CT molecular complexity index is 750. The summed E-state index contributed by atoms with van der Waals surface area (Å²) in [6, 6.07) is 7.39. The molecule has 21 heavy (non-hydrogen) atoms. The fourth-order valence-electron chi connectivity index (χ4n) is 1.84. The predicted octanol–water partition coefficient (Wildman–Crippen LogP) is 3.02. The Labute approximate surface area is 131 Å². The SMILES string of the molecule is CCc1cccnc1CNS(=O)(=O)c1ccc(Br)c(F)c1. The van der Waals surface area contributed by atoms with Crippen LogP contribution >= 0.6 is 15.9 Å². The third kappa shape index (κ3) is 3.87. The van der Waals surface area contributed by atoms with Crippen LogP contribution in [-0.4, -0.2) is 13.4 Å². The van der Waals surface area contributed by atoms with Gasteiger partial charge in [-0.05, 0) is 52.2 Å². The quantitative estimate of drug-likeness (QED) is 0.877. The lowest BCUT2D eigenvalue weighted by Crippen LogP contribution is -2.24. The van der Waals surface area contributed by atoms with E-state index in [-0.39, 0.29) is 15.9 Å². The van der Waals surface area contributed by atoms with Crippen LogP contribution in [0, 0.1) is 5.82 Å². The van der Waals surface area contributed by atoms with Gasteiger partial charge < -0.3 is 0 Å². The molecule has 4 nitrogen and oxygen atoms in total. The highest BCUT2D eigenvalue weighted by molar-refractivity contribution is 9.10. The van der Waals surface area contributed by atoms with Gasteiger partial charge in [-0.1, -0.05) is 13.0 Å². The molecule has 112 valence electrons. The molecule has 0 amide bonds. The molecule has 0 atom stereocenters. The number of rotatable bonds is 5. The summed E-state index contributed by atoms with van der Waals surface area (Å²) in [5.74, 6) is -0.620. The van der Waals surface area contributed by atoms with Crippen molar-refractivity contribution < 1.29 is 12.8 Å². The minimum absolute atomic E-state index is 0.0734. The number of halogens is 2. The van der Waals surface area contributed by atoms with Crippen LogP contribution in [0.25, 0.3) is 0 Å². The van der Waals surface area contributed by atoms with E-state index < -0.39 is 15.8 Å². The number of sulfonamides is 1. The zero-order chi connectivity index (χ0) is 15.5. The fourth-order valence-corrected chi connectivity index (χ4v) is 3.09. The molecule has 0 spiro atoms. The number of hydrogen-bond donors (Lipinski definition) is 1. The molecule has 1 aromatic carbocycles. The number of nitrogens with one attached hydrogen (secondary N) is 1. The highest BCUT2D eigenvalue weighted by atomic mass is 79.9. The zero-order valence-electron chi connectivity index (χ0n) is 11.3. The van der Waals surface area contributed by atoms with Crippen molar-refractivity contribution >= 4 is 26.0 Å². The molecule has 0 aliphatic rings. The van der Waals surface area contributed by atoms with Gasteiger partial charge in [0.1, 0.15) is 5.82 Å². The Balaban J connectivity index is 2.20. The largest absolute Gasteiger partial charge is 0.260 e. The van der Waals surface area contributed by atoms with Crippen molar-refractivity contribution in [2.75, 3.05) is 0 Å². The van der Waals surface area contributed by atoms with E-state index in [2.05, 4.69) is 25.6 Å². The number of hydrogen-bond acceptors (Lipinski definition) is 3.